The normalized spacial score (nSPS) is 19.2. The summed E-state index contributed by atoms with van der Waals surface area (Å²) in [4.78, 5) is 114. The van der Waals surface area contributed by atoms with E-state index >= 15 is 0 Å². The van der Waals surface area contributed by atoms with Crippen molar-refractivity contribution in [2.24, 2.45) is 9.98 Å². The van der Waals surface area contributed by atoms with Gasteiger partial charge < -0.3 is 62.6 Å². The Bertz CT molecular complexity index is 3220. The van der Waals surface area contributed by atoms with Gasteiger partial charge in [0.1, 0.15) is 30.4 Å². The molecule has 0 aliphatic carbocycles. The van der Waals surface area contributed by atoms with Gasteiger partial charge in [-0.15, -0.1) is 11.8 Å². The molecule has 508 valence electrons. The topological polar surface area (TPSA) is 295 Å². The van der Waals surface area contributed by atoms with E-state index in [9.17, 15) is 38.8 Å². The van der Waals surface area contributed by atoms with Gasteiger partial charge in [0.05, 0.1) is 138 Å². The number of aliphatic imine (C=N–C) groups is 2. The Hall–Kier alpha value is -7.83. The van der Waals surface area contributed by atoms with Crippen molar-refractivity contribution in [3.05, 3.63) is 82.2 Å². The van der Waals surface area contributed by atoms with Crippen LogP contribution in [0.1, 0.15) is 105 Å². The number of fused-ring (bicyclic) bond motifs is 4. The first-order valence-electron chi connectivity index (χ1n) is 31.8. The van der Waals surface area contributed by atoms with Gasteiger partial charge in [0.25, 0.3) is 11.8 Å². The van der Waals surface area contributed by atoms with Gasteiger partial charge >= 0.3 is 17.8 Å². The van der Waals surface area contributed by atoms with Crippen molar-refractivity contribution in [1.29, 1.82) is 0 Å². The minimum absolute atomic E-state index is 0.00157. The zero-order chi connectivity index (χ0) is 66.8. The van der Waals surface area contributed by atoms with Crippen LogP contribution in [0.5, 0.6) is 28.7 Å². The molecule has 0 saturated carbocycles. The van der Waals surface area contributed by atoms with E-state index in [-0.39, 0.29) is 98.5 Å². The van der Waals surface area contributed by atoms with Crippen LogP contribution in [0.15, 0.2) is 69.7 Å². The number of imide groups is 1. The van der Waals surface area contributed by atoms with Crippen molar-refractivity contribution in [3.63, 3.8) is 0 Å². The fourth-order valence-corrected chi connectivity index (χ4v) is 12.1. The van der Waals surface area contributed by atoms with Crippen molar-refractivity contribution in [3.8, 4) is 28.7 Å². The first kappa shape index (κ1) is 70.5. The number of aromatic nitrogens is 1. The van der Waals surface area contributed by atoms with Crippen LogP contribution in [-0.4, -0.2) is 237 Å². The highest BCUT2D eigenvalue weighted by Gasteiger charge is 2.55. The molecule has 6 aliphatic rings. The van der Waals surface area contributed by atoms with Crippen LogP contribution in [0.2, 0.25) is 0 Å². The average Bonchev–Trinajstić information content (AvgIpc) is 1.61. The molecule has 7 heterocycles. The number of thioether (sulfide) groups is 1. The Balaban J connectivity index is 0.683. The van der Waals surface area contributed by atoms with Gasteiger partial charge in [-0.2, -0.15) is 5.21 Å². The van der Waals surface area contributed by atoms with Crippen molar-refractivity contribution < 1.29 is 91.0 Å². The number of hydrogen-bond acceptors (Lipinski definition) is 23. The van der Waals surface area contributed by atoms with Gasteiger partial charge in [0.2, 0.25) is 11.8 Å². The molecule has 28 heteroatoms. The van der Waals surface area contributed by atoms with Crippen LogP contribution in [0, 0.1) is 0 Å². The van der Waals surface area contributed by atoms with Crippen molar-refractivity contribution in [2.75, 3.05) is 132 Å². The number of allylic oxidation sites excluding steroid dienone is 2. The van der Waals surface area contributed by atoms with Crippen LogP contribution in [-0.2, 0) is 61.0 Å². The summed E-state index contributed by atoms with van der Waals surface area (Å²) in [6, 6.07) is 10.1. The summed E-state index contributed by atoms with van der Waals surface area (Å²) in [7, 11) is 3.05. The van der Waals surface area contributed by atoms with Crippen molar-refractivity contribution in [1.82, 2.24) is 29.9 Å². The molecule has 27 nitrogen and oxygen atoms in total. The second-order valence-electron chi connectivity index (χ2n) is 23.8. The van der Waals surface area contributed by atoms with E-state index in [0.717, 1.165) is 12.8 Å². The van der Waals surface area contributed by atoms with Gasteiger partial charge in [0, 0.05) is 100 Å². The summed E-state index contributed by atoms with van der Waals surface area (Å²) in [6.07, 6.45) is 9.53. The number of carbonyl (C=O) groups excluding carboxylic acids is 7. The predicted molar refractivity (Wildman–Crippen MR) is 344 cm³/mol. The number of ether oxygens (including phenoxy) is 9. The lowest BCUT2D eigenvalue weighted by molar-refractivity contribution is -1.12. The number of benzene rings is 2. The lowest BCUT2D eigenvalue weighted by Crippen LogP contribution is -2.50. The number of nitrogens with one attached hydrogen (secondary N) is 1. The highest BCUT2D eigenvalue weighted by atomic mass is 32.2. The molecule has 2 atom stereocenters. The Kier molecular flexibility index (Phi) is 25.1. The maximum Gasteiger partial charge on any atom is 0.397 e. The summed E-state index contributed by atoms with van der Waals surface area (Å²) < 4.78 is 52.3. The minimum Gasteiger partial charge on any atom is -0.493 e. The number of rotatable bonds is 34. The van der Waals surface area contributed by atoms with Crippen LogP contribution in [0.25, 0.3) is 0 Å². The molecule has 2 N–H and O–H groups in total. The fourth-order valence-electron chi connectivity index (χ4n) is 11.3. The summed E-state index contributed by atoms with van der Waals surface area (Å²) >= 11 is 1.50. The molecule has 3 aromatic rings. The number of piperazine rings is 1. The molecule has 6 amide bonds. The molecule has 94 heavy (non-hydrogen) atoms. The SMILES string of the molecule is C/C=C1\C[C@H]2C=Nc3cc(OCc4cc(OCCN5CCN(C(=O)CCC(C)(C)SCC(=O)NCCOCCOCCOCCOCCC(=O)O[N+]6(O)C(=O)CCC6=O)CC5)cc(COc5cc6c(cc5OC)C(=O)N5C/C(=C/C)C[C@H]5C=N6)n4)c(OC)cc3C(=O)N2C1. The monoisotopic (exact) mass is 1320 g/mol. The summed E-state index contributed by atoms with van der Waals surface area (Å²) in [5.74, 6) is -0.719. The summed E-state index contributed by atoms with van der Waals surface area (Å²) in [5.41, 5.74) is 5.25. The molecule has 9 rings (SSSR count). The molecule has 2 aromatic carbocycles. The number of hydrogen-bond donors (Lipinski definition) is 2. The predicted octanol–water partition coefficient (Wildman–Crippen LogP) is 5.91. The first-order valence-corrected chi connectivity index (χ1v) is 32.8. The van der Waals surface area contributed by atoms with E-state index in [0.29, 0.717) is 167 Å². The highest BCUT2D eigenvalue weighted by molar-refractivity contribution is 8.01. The van der Waals surface area contributed by atoms with E-state index in [1.54, 1.807) is 24.3 Å². The molecule has 0 unspecified atom stereocenters. The van der Waals surface area contributed by atoms with E-state index in [4.69, 9.17) is 57.6 Å². The largest absolute Gasteiger partial charge is 0.493 e. The van der Waals surface area contributed by atoms with E-state index in [1.165, 1.54) is 37.1 Å². The molecule has 6 aliphatic heterocycles. The number of hydroxylamine groups is 4. The van der Waals surface area contributed by atoms with Gasteiger partial charge in [-0.1, -0.05) is 37.1 Å². The minimum atomic E-state index is -1.95. The smallest absolute Gasteiger partial charge is 0.397 e. The van der Waals surface area contributed by atoms with Crippen LogP contribution in [0.4, 0.5) is 11.4 Å². The number of pyridine rings is 1. The molecular formula is C66H86N9O18S+. The van der Waals surface area contributed by atoms with Gasteiger partial charge in [-0.3, -0.25) is 39.0 Å². The molecule has 1 aromatic heterocycles. The number of carbonyl (C=O) groups is 7. The Labute approximate surface area is 551 Å². The van der Waals surface area contributed by atoms with Crippen LogP contribution in [0.3, 0.4) is 0 Å². The third-order valence-corrected chi connectivity index (χ3v) is 18.2. The fraction of sp³-hybridized carbons (Fsp3) is 0.545. The number of quaternary nitrogens is 1. The highest BCUT2D eigenvalue weighted by Crippen LogP contribution is 2.41. The Morgan fingerprint density at radius 1 is 0.660 bits per heavy atom. The third kappa shape index (κ3) is 18.8. The quantitative estimate of drug-likeness (QED) is 0.0231. The molecule has 4 saturated heterocycles. The Morgan fingerprint density at radius 3 is 1.68 bits per heavy atom. The lowest BCUT2D eigenvalue weighted by Gasteiger charge is -2.35. The number of nitrogens with zero attached hydrogens (tertiary/aromatic N) is 8. The molecule has 0 spiro atoms. The van der Waals surface area contributed by atoms with Gasteiger partial charge in [-0.05, 0) is 45.2 Å². The second-order valence-corrected chi connectivity index (χ2v) is 25.4. The van der Waals surface area contributed by atoms with Gasteiger partial charge in [-0.25, -0.2) is 19.2 Å². The lowest BCUT2D eigenvalue weighted by atomic mass is 10.1. The van der Waals surface area contributed by atoms with Gasteiger partial charge in [0.15, 0.2) is 23.0 Å². The average molecular weight is 1330 g/mol. The zero-order valence-electron chi connectivity index (χ0n) is 54.4. The summed E-state index contributed by atoms with van der Waals surface area (Å²) in [5, 5.41) is 12.8. The standard InChI is InChI=1S/C66H85N9O18S/c1-7-44-29-48-37-68-53-35-57(55(84-5)33-51(53)64(81)73(48)39-44)91-41-46-31-50(32-47(70-46)42-92-58-36-54-52(34-56(58)85-6)65(82)74-40-45(8-2)30-49(74)38-69-54)90-22-19-71-15-17-72(18-16-71)60(77)11-13-66(3,4)94-43-59(76)67-14-21-87-24-26-89-28-27-88-25-23-86-20-12-63(80)93-75(83)61(78)9-10-62(75)79/h7-8,31-38,48-49,83H,9-30,39-43H2,1-6H3/p+1/b44-7+,45-8+/t48-,49-/m0/s1. The van der Waals surface area contributed by atoms with E-state index in [2.05, 4.69) is 15.1 Å². The first-order chi connectivity index (χ1) is 45.4. The van der Waals surface area contributed by atoms with Crippen molar-refractivity contribution in [2.45, 2.75) is 103 Å². The number of methoxy groups -OCH3 is 2. The maximum atomic E-state index is 13.8. The third-order valence-electron chi connectivity index (χ3n) is 16.8. The van der Waals surface area contributed by atoms with Crippen molar-refractivity contribution >= 4 is 77.0 Å². The second kappa shape index (κ2) is 33.5. The van der Waals surface area contributed by atoms with Crippen LogP contribution < -0.4 is 29.0 Å². The van der Waals surface area contributed by atoms with E-state index in [1.807, 2.05) is 79.1 Å². The number of amides is 6. The van der Waals surface area contributed by atoms with E-state index < -0.39 is 22.6 Å². The molecule has 0 bridgehead atoms. The summed E-state index contributed by atoms with van der Waals surface area (Å²) in [6.45, 7) is 14.9. The van der Waals surface area contributed by atoms with Crippen LogP contribution >= 0.6 is 11.8 Å². The molecular weight excluding hydrogens is 1240 g/mol. The Morgan fingerprint density at radius 2 is 1.17 bits per heavy atom. The molecule has 4 fully saturated rings. The zero-order valence-corrected chi connectivity index (χ0v) is 55.2. The maximum absolute atomic E-state index is 13.8. The molecule has 0 radical (unpaired) electrons.